The number of nitro benzene ring substituents is 1. The highest BCUT2D eigenvalue weighted by Gasteiger charge is 2.27. The monoisotopic (exact) mass is 335 g/mol. The fourth-order valence-electron chi connectivity index (χ4n) is 2.25. The number of rotatable bonds is 7. The van der Waals surface area contributed by atoms with Crippen molar-refractivity contribution < 1.29 is 19.2 Å². The predicted octanol–water partition coefficient (Wildman–Crippen LogP) is 2.54. The van der Waals surface area contributed by atoms with Gasteiger partial charge >= 0.3 is 5.97 Å². The summed E-state index contributed by atoms with van der Waals surface area (Å²) in [4.78, 5) is 34.4. The third-order valence-corrected chi connectivity index (χ3v) is 3.34. The van der Waals surface area contributed by atoms with E-state index in [9.17, 15) is 19.7 Å². The lowest BCUT2D eigenvalue weighted by Gasteiger charge is -2.18. The second-order valence-corrected chi connectivity index (χ2v) is 5.44. The van der Waals surface area contributed by atoms with Crippen LogP contribution in [0.25, 0.3) is 0 Å². The number of nitrogens with one attached hydrogen (secondary N) is 1. The Morgan fingerprint density at radius 1 is 1.33 bits per heavy atom. The minimum atomic E-state index is -0.715. The van der Waals surface area contributed by atoms with Crippen molar-refractivity contribution in [3.05, 3.63) is 39.9 Å². The average Bonchev–Trinajstić information content (AvgIpc) is 2.52. The zero-order chi connectivity index (χ0) is 18.3. The highest BCUT2D eigenvalue weighted by atomic mass is 16.6. The molecule has 1 aromatic rings. The van der Waals surface area contributed by atoms with Gasteiger partial charge in [-0.05, 0) is 25.8 Å². The first-order valence-electron chi connectivity index (χ1n) is 7.54. The van der Waals surface area contributed by atoms with Crippen molar-refractivity contribution in [1.82, 2.24) is 5.43 Å². The molecule has 1 amide bonds. The number of amides is 1. The molecule has 0 aliphatic rings. The Morgan fingerprint density at radius 2 is 1.96 bits per heavy atom. The number of esters is 1. The number of hydrogen-bond donors (Lipinski definition) is 1. The molecular formula is C16H21N3O5. The average molecular weight is 335 g/mol. The van der Waals surface area contributed by atoms with E-state index in [1.165, 1.54) is 24.3 Å². The quantitative estimate of drug-likeness (QED) is 0.356. The smallest absolute Gasteiger partial charge is 0.314 e. The molecule has 130 valence electrons. The van der Waals surface area contributed by atoms with Crippen molar-refractivity contribution in [2.45, 2.75) is 27.7 Å². The first-order valence-corrected chi connectivity index (χ1v) is 7.54. The van der Waals surface area contributed by atoms with Crippen LogP contribution < -0.4 is 5.43 Å². The molecule has 1 rings (SSSR count). The molecule has 0 aromatic heterocycles. The van der Waals surface area contributed by atoms with Gasteiger partial charge in [0.1, 0.15) is 5.56 Å². The summed E-state index contributed by atoms with van der Waals surface area (Å²) in [6, 6.07) is 5.57. The van der Waals surface area contributed by atoms with Gasteiger partial charge in [-0.3, -0.25) is 19.7 Å². The van der Waals surface area contributed by atoms with E-state index in [-0.39, 0.29) is 23.8 Å². The van der Waals surface area contributed by atoms with Crippen LogP contribution in [-0.2, 0) is 9.53 Å². The fraction of sp³-hybridized carbons (Fsp3) is 0.438. The van der Waals surface area contributed by atoms with Crippen molar-refractivity contribution >= 4 is 23.3 Å². The third-order valence-electron chi connectivity index (χ3n) is 3.34. The Labute approximate surface area is 140 Å². The summed E-state index contributed by atoms with van der Waals surface area (Å²) in [7, 11) is 0. The van der Waals surface area contributed by atoms with E-state index in [2.05, 4.69) is 10.5 Å². The summed E-state index contributed by atoms with van der Waals surface area (Å²) in [6.07, 6.45) is 0. The molecule has 8 heteroatoms. The molecule has 1 N–H and O–H groups in total. The van der Waals surface area contributed by atoms with E-state index < -0.39 is 22.7 Å². The number of benzene rings is 1. The van der Waals surface area contributed by atoms with Gasteiger partial charge in [0.15, 0.2) is 0 Å². The van der Waals surface area contributed by atoms with Crippen molar-refractivity contribution in [2.75, 3.05) is 6.61 Å². The zero-order valence-electron chi connectivity index (χ0n) is 14.1. The van der Waals surface area contributed by atoms with E-state index in [4.69, 9.17) is 4.74 Å². The Bertz CT molecular complexity index is 655. The molecule has 8 nitrogen and oxygen atoms in total. The molecule has 0 fully saturated rings. The van der Waals surface area contributed by atoms with Gasteiger partial charge in [-0.15, -0.1) is 0 Å². The van der Waals surface area contributed by atoms with Gasteiger partial charge in [0, 0.05) is 11.8 Å². The summed E-state index contributed by atoms with van der Waals surface area (Å²) < 4.78 is 5.01. The van der Waals surface area contributed by atoms with Crippen LogP contribution in [0.5, 0.6) is 0 Å². The molecule has 0 aliphatic heterocycles. The summed E-state index contributed by atoms with van der Waals surface area (Å²) in [5.41, 5.74) is 2.22. The Balaban J connectivity index is 2.96. The number of hydrogen-bond acceptors (Lipinski definition) is 6. The maximum atomic E-state index is 12.1. The number of hydrazone groups is 1. The largest absolute Gasteiger partial charge is 0.465 e. The molecule has 1 unspecified atom stereocenters. The lowest BCUT2D eigenvalue weighted by atomic mass is 9.92. The van der Waals surface area contributed by atoms with Gasteiger partial charge in [0.25, 0.3) is 11.6 Å². The molecule has 24 heavy (non-hydrogen) atoms. The standard InChI is InChI=1S/C16H21N3O5/c1-5-24-16(21)14(10(2)3)11(4)17-18-15(20)12-8-6-7-9-13(12)19(22)23/h6-10,14H,5H2,1-4H3,(H,18,20). The molecule has 0 saturated carbocycles. The third kappa shape index (κ3) is 4.87. The number of para-hydroxylation sites is 1. The van der Waals surface area contributed by atoms with E-state index in [1.54, 1.807) is 13.8 Å². The van der Waals surface area contributed by atoms with Crippen LogP contribution in [-0.4, -0.2) is 29.1 Å². The summed E-state index contributed by atoms with van der Waals surface area (Å²) in [6.45, 7) is 7.23. The van der Waals surface area contributed by atoms with Gasteiger partial charge in [0.2, 0.25) is 0 Å². The van der Waals surface area contributed by atoms with Crippen LogP contribution in [0.4, 0.5) is 5.69 Å². The van der Waals surface area contributed by atoms with E-state index in [0.717, 1.165) is 0 Å². The maximum absolute atomic E-state index is 12.1. The van der Waals surface area contributed by atoms with Gasteiger partial charge in [-0.25, -0.2) is 5.43 Å². The summed E-state index contributed by atoms with van der Waals surface area (Å²) >= 11 is 0. The van der Waals surface area contributed by atoms with E-state index in [0.29, 0.717) is 5.71 Å². The van der Waals surface area contributed by atoms with Crippen LogP contribution in [0.2, 0.25) is 0 Å². The molecule has 0 bridgehead atoms. The minimum absolute atomic E-state index is 0.0734. The van der Waals surface area contributed by atoms with Crippen LogP contribution in [0.1, 0.15) is 38.1 Å². The molecule has 0 aliphatic carbocycles. The highest BCUT2D eigenvalue weighted by molar-refractivity contribution is 6.03. The highest BCUT2D eigenvalue weighted by Crippen LogP contribution is 2.18. The normalized spacial score (nSPS) is 12.6. The molecule has 1 aromatic carbocycles. The molecule has 0 radical (unpaired) electrons. The molecule has 0 saturated heterocycles. The molecular weight excluding hydrogens is 314 g/mol. The molecule has 0 heterocycles. The fourth-order valence-corrected chi connectivity index (χ4v) is 2.25. The van der Waals surface area contributed by atoms with Crippen molar-refractivity contribution in [3.63, 3.8) is 0 Å². The SMILES string of the molecule is CCOC(=O)C(C(C)=NNC(=O)c1ccccc1[N+](=O)[O-])C(C)C. The Kier molecular flexibility index (Phi) is 7.03. The predicted molar refractivity (Wildman–Crippen MR) is 88.6 cm³/mol. The topological polar surface area (TPSA) is 111 Å². The van der Waals surface area contributed by atoms with Crippen molar-refractivity contribution in [2.24, 2.45) is 16.9 Å². The van der Waals surface area contributed by atoms with Crippen LogP contribution in [0, 0.1) is 22.0 Å². The number of carbonyl (C=O) groups is 2. The number of ether oxygens (including phenoxy) is 1. The van der Waals surface area contributed by atoms with E-state index in [1.807, 2.05) is 13.8 Å². The van der Waals surface area contributed by atoms with Crippen LogP contribution >= 0.6 is 0 Å². The van der Waals surface area contributed by atoms with Gasteiger partial charge < -0.3 is 4.74 Å². The number of nitro groups is 1. The van der Waals surface area contributed by atoms with Crippen LogP contribution in [0.3, 0.4) is 0 Å². The van der Waals surface area contributed by atoms with Crippen molar-refractivity contribution in [1.29, 1.82) is 0 Å². The second kappa shape index (κ2) is 8.76. The lowest BCUT2D eigenvalue weighted by molar-refractivity contribution is -0.385. The first-order chi connectivity index (χ1) is 11.3. The van der Waals surface area contributed by atoms with Gasteiger partial charge in [-0.1, -0.05) is 26.0 Å². The maximum Gasteiger partial charge on any atom is 0.314 e. The number of nitrogens with zero attached hydrogens (tertiary/aromatic N) is 2. The summed E-state index contributed by atoms with van der Waals surface area (Å²) in [5, 5.41) is 14.9. The molecule has 0 spiro atoms. The number of carbonyl (C=O) groups excluding carboxylic acids is 2. The second-order valence-electron chi connectivity index (χ2n) is 5.44. The summed E-state index contributed by atoms with van der Waals surface area (Å²) in [5.74, 6) is -1.81. The Morgan fingerprint density at radius 3 is 2.50 bits per heavy atom. The van der Waals surface area contributed by atoms with Gasteiger partial charge in [0.05, 0.1) is 17.4 Å². The lowest BCUT2D eigenvalue weighted by Crippen LogP contribution is -2.31. The first kappa shape index (κ1) is 19.3. The Hall–Kier alpha value is -2.77. The van der Waals surface area contributed by atoms with E-state index >= 15 is 0 Å². The van der Waals surface area contributed by atoms with Gasteiger partial charge in [-0.2, -0.15) is 5.10 Å². The van der Waals surface area contributed by atoms with Crippen molar-refractivity contribution in [3.8, 4) is 0 Å². The zero-order valence-corrected chi connectivity index (χ0v) is 14.1. The minimum Gasteiger partial charge on any atom is -0.465 e. The molecule has 1 atom stereocenters. The van der Waals surface area contributed by atoms with Crippen LogP contribution in [0.15, 0.2) is 29.4 Å².